The number of rotatable bonds is 52. The second-order valence-corrected chi connectivity index (χ2v) is 18.8. The summed E-state index contributed by atoms with van der Waals surface area (Å²) < 4.78 is 17.4. The van der Waals surface area contributed by atoms with Crippen LogP contribution in [0.5, 0.6) is 0 Å². The maximum atomic E-state index is 12.8. The molecule has 0 aromatic carbocycles. The first kappa shape index (κ1) is 61.9. The van der Waals surface area contributed by atoms with E-state index in [1.54, 1.807) is 0 Å². The quantitative estimate of drug-likeness (QED) is 0.0346. The van der Waals surface area contributed by atoms with Gasteiger partial charge in [0, 0.05) is 19.4 Å². The molecule has 374 valence electrons. The number of hydrogen-bond acceptors (Lipinski definition) is 5. The van der Waals surface area contributed by atoms with Crippen LogP contribution in [0.4, 0.5) is 0 Å². The number of esters is 2. The fourth-order valence-corrected chi connectivity index (χ4v) is 8.09. The van der Waals surface area contributed by atoms with Crippen LogP contribution < -0.4 is 0 Å². The number of unbranched alkanes of at least 4 members (excludes halogenated alkanes) is 33. The third kappa shape index (κ3) is 52.5. The lowest BCUT2D eigenvalue weighted by Crippen LogP contribution is -2.30. The number of carbonyl (C=O) groups excluding carboxylic acids is 2. The summed E-state index contributed by atoms with van der Waals surface area (Å²) in [5, 5.41) is 0. The summed E-state index contributed by atoms with van der Waals surface area (Å²) in [5.41, 5.74) is 0. The van der Waals surface area contributed by atoms with Crippen LogP contribution in [0, 0.1) is 0 Å². The van der Waals surface area contributed by atoms with E-state index in [2.05, 4.69) is 69.4 Å². The Morgan fingerprint density at radius 2 is 0.672 bits per heavy atom. The molecule has 0 amide bonds. The molecule has 0 spiro atoms. The third-order valence-electron chi connectivity index (χ3n) is 12.3. The van der Waals surface area contributed by atoms with E-state index in [9.17, 15) is 9.59 Å². The summed E-state index contributed by atoms with van der Waals surface area (Å²) in [6, 6.07) is 0. The van der Waals surface area contributed by atoms with Crippen LogP contribution in [0.3, 0.4) is 0 Å². The fraction of sp³-hybridized carbons (Fsp3) is 0.831. The molecule has 0 rings (SSSR count). The molecule has 0 heterocycles. The van der Waals surface area contributed by atoms with Crippen molar-refractivity contribution in [3.8, 4) is 0 Å². The molecule has 0 fully saturated rings. The van der Waals surface area contributed by atoms with Crippen LogP contribution in [0.15, 0.2) is 48.6 Å². The zero-order chi connectivity index (χ0) is 46.3. The van der Waals surface area contributed by atoms with Crippen LogP contribution in [0.25, 0.3) is 0 Å². The van der Waals surface area contributed by atoms with Crippen molar-refractivity contribution in [2.45, 2.75) is 297 Å². The van der Waals surface area contributed by atoms with E-state index in [1.165, 1.54) is 193 Å². The summed E-state index contributed by atoms with van der Waals surface area (Å²) in [7, 11) is 0. The molecule has 0 bridgehead atoms. The van der Waals surface area contributed by atoms with E-state index >= 15 is 0 Å². The molecular formula is C59H108O5. The van der Waals surface area contributed by atoms with Gasteiger partial charge in [-0.25, -0.2) is 0 Å². The molecule has 0 aromatic rings. The lowest BCUT2D eigenvalue weighted by molar-refractivity contribution is -0.163. The Hall–Kier alpha value is -2.14. The predicted octanol–water partition coefficient (Wildman–Crippen LogP) is 19.1. The van der Waals surface area contributed by atoms with E-state index < -0.39 is 6.10 Å². The Morgan fingerprint density at radius 3 is 1.14 bits per heavy atom. The van der Waals surface area contributed by atoms with Crippen LogP contribution in [0.1, 0.15) is 290 Å². The van der Waals surface area contributed by atoms with Crippen molar-refractivity contribution >= 4 is 11.9 Å². The minimum atomic E-state index is -0.543. The van der Waals surface area contributed by atoms with Gasteiger partial charge in [-0.2, -0.15) is 0 Å². The Kier molecular flexibility index (Phi) is 53.3. The van der Waals surface area contributed by atoms with Crippen molar-refractivity contribution in [2.24, 2.45) is 0 Å². The van der Waals surface area contributed by atoms with Crippen molar-refractivity contribution in [1.29, 1.82) is 0 Å². The summed E-state index contributed by atoms with van der Waals surface area (Å²) >= 11 is 0. The van der Waals surface area contributed by atoms with Gasteiger partial charge in [0.1, 0.15) is 6.61 Å². The molecule has 0 saturated carbocycles. The Bertz CT molecular complexity index is 1060. The van der Waals surface area contributed by atoms with Crippen LogP contribution in [-0.4, -0.2) is 37.9 Å². The normalized spacial score (nSPS) is 12.5. The van der Waals surface area contributed by atoms with Crippen LogP contribution in [0.2, 0.25) is 0 Å². The van der Waals surface area contributed by atoms with Gasteiger partial charge in [-0.05, 0) is 77.0 Å². The van der Waals surface area contributed by atoms with E-state index in [0.29, 0.717) is 19.4 Å². The van der Waals surface area contributed by atoms with E-state index in [-0.39, 0.29) is 25.2 Å². The smallest absolute Gasteiger partial charge is 0.306 e. The van der Waals surface area contributed by atoms with Gasteiger partial charge >= 0.3 is 11.9 Å². The first-order chi connectivity index (χ1) is 31.6. The highest BCUT2D eigenvalue weighted by atomic mass is 16.6. The molecule has 64 heavy (non-hydrogen) atoms. The zero-order valence-electron chi connectivity index (χ0n) is 43.1. The summed E-state index contributed by atoms with van der Waals surface area (Å²) in [6.45, 7) is 7.78. The molecule has 1 unspecified atom stereocenters. The first-order valence-corrected chi connectivity index (χ1v) is 28.2. The largest absolute Gasteiger partial charge is 0.462 e. The Labute approximate surface area is 399 Å². The molecular weight excluding hydrogens is 789 g/mol. The SMILES string of the molecule is CCCC/C=C\CCCCCCCC(=O)OC(COCCCCCCCCC/C=C\C/C=C\C/C=C\CCCCC)COC(=O)CCCCCCCCCCCCCCCCCCC. The third-order valence-corrected chi connectivity index (χ3v) is 12.3. The van der Waals surface area contributed by atoms with Gasteiger partial charge in [0.25, 0.3) is 0 Å². The highest BCUT2D eigenvalue weighted by Crippen LogP contribution is 2.16. The highest BCUT2D eigenvalue weighted by Gasteiger charge is 2.17. The van der Waals surface area contributed by atoms with Gasteiger partial charge in [-0.3, -0.25) is 9.59 Å². The Balaban J connectivity index is 4.21. The van der Waals surface area contributed by atoms with E-state index in [0.717, 1.165) is 64.2 Å². The lowest BCUT2D eigenvalue weighted by Gasteiger charge is -2.18. The van der Waals surface area contributed by atoms with Crippen molar-refractivity contribution in [2.75, 3.05) is 19.8 Å². The summed E-state index contributed by atoms with van der Waals surface area (Å²) in [4.78, 5) is 25.4. The second-order valence-electron chi connectivity index (χ2n) is 18.8. The average molecular weight is 898 g/mol. The zero-order valence-corrected chi connectivity index (χ0v) is 43.1. The maximum absolute atomic E-state index is 12.8. The first-order valence-electron chi connectivity index (χ1n) is 28.2. The second kappa shape index (κ2) is 55.2. The van der Waals surface area contributed by atoms with Crippen LogP contribution in [-0.2, 0) is 23.8 Å². The molecule has 0 aliphatic carbocycles. The molecule has 0 aliphatic heterocycles. The van der Waals surface area contributed by atoms with Gasteiger partial charge in [-0.15, -0.1) is 0 Å². The minimum Gasteiger partial charge on any atom is -0.462 e. The van der Waals surface area contributed by atoms with Gasteiger partial charge in [0.2, 0.25) is 0 Å². The lowest BCUT2D eigenvalue weighted by atomic mass is 10.0. The molecule has 0 N–H and O–H groups in total. The predicted molar refractivity (Wildman–Crippen MR) is 279 cm³/mol. The summed E-state index contributed by atoms with van der Waals surface area (Å²) in [6.07, 6.45) is 68.4. The Morgan fingerprint density at radius 1 is 0.344 bits per heavy atom. The van der Waals surface area contributed by atoms with Gasteiger partial charge < -0.3 is 14.2 Å². The molecule has 1 atom stereocenters. The minimum absolute atomic E-state index is 0.0814. The number of carbonyl (C=O) groups is 2. The molecule has 5 nitrogen and oxygen atoms in total. The molecule has 0 aromatic heterocycles. The standard InChI is InChI=1S/C59H108O5/c1-4-7-10-13-16-19-22-24-26-28-29-30-32-34-36-39-42-45-48-51-54-62-55-57(64-59(61)53-50-47-44-41-37-21-18-15-12-9-6-3)56-63-58(60)52-49-46-43-40-38-35-33-31-27-25-23-20-17-14-11-8-5-2/h15-16,18-19,24,26,29-30,57H,4-14,17,20-23,25,27-28,31-56H2,1-3H3/b18-15-,19-16-,26-24-,30-29-. The fourth-order valence-electron chi connectivity index (χ4n) is 8.09. The van der Waals surface area contributed by atoms with Gasteiger partial charge in [0.15, 0.2) is 6.10 Å². The topological polar surface area (TPSA) is 61.8 Å². The van der Waals surface area contributed by atoms with Crippen molar-refractivity contribution in [3.05, 3.63) is 48.6 Å². The van der Waals surface area contributed by atoms with E-state index in [1.807, 2.05) is 0 Å². The molecule has 0 radical (unpaired) electrons. The monoisotopic (exact) mass is 897 g/mol. The number of ether oxygens (including phenoxy) is 3. The van der Waals surface area contributed by atoms with Gasteiger partial charge in [0.05, 0.1) is 6.61 Å². The van der Waals surface area contributed by atoms with E-state index in [4.69, 9.17) is 14.2 Å². The van der Waals surface area contributed by atoms with Crippen molar-refractivity contribution in [3.63, 3.8) is 0 Å². The summed E-state index contributed by atoms with van der Waals surface area (Å²) in [5.74, 6) is -0.400. The van der Waals surface area contributed by atoms with Gasteiger partial charge in [-0.1, -0.05) is 249 Å². The van der Waals surface area contributed by atoms with Crippen molar-refractivity contribution < 1.29 is 23.8 Å². The maximum Gasteiger partial charge on any atom is 0.306 e. The van der Waals surface area contributed by atoms with Crippen LogP contribution >= 0.6 is 0 Å². The average Bonchev–Trinajstić information content (AvgIpc) is 3.30. The molecule has 0 saturated heterocycles. The molecule has 0 aliphatic rings. The number of hydrogen-bond donors (Lipinski definition) is 0. The number of allylic oxidation sites excluding steroid dienone is 8. The van der Waals surface area contributed by atoms with Crippen molar-refractivity contribution in [1.82, 2.24) is 0 Å². The highest BCUT2D eigenvalue weighted by molar-refractivity contribution is 5.70. The molecule has 5 heteroatoms.